The van der Waals surface area contributed by atoms with Crippen LogP contribution in [-0.2, 0) is 4.79 Å². The van der Waals surface area contributed by atoms with Crippen molar-refractivity contribution in [3.05, 3.63) is 29.8 Å². The van der Waals surface area contributed by atoms with Gasteiger partial charge in [-0.25, -0.2) is 0 Å². The summed E-state index contributed by atoms with van der Waals surface area (Å²) >= 11 is 0. The highest BCUT2D eigenvalue weighted by Crippen LogP contribution is 2.33. The molecule has 2 fully saturated rings. The van der Waals surface area contributed by atoms with E-state index >= 15 is 0 Å². The third-order valence-corrected chi connectivity index (χ3v) is 4.70. The summed E-state index contributed by atoms with van der Waals surface area (Å²) < 4.78 is 5.21. The summed E-state index contributed by atoms with van der Waals surface area (Å²) in [6.45, 7) is 2.95. The zero-order chi connectivity index (χ0) is 14.7. The van der Waals surface area contributed by atoms with Crippen LogP contribution in [-0.4, -0.2) is 37.6 Å². The SMILES string of the molecule is COc1ccc(C2CCCN2C(=O)CC2CCNC2)cc1.Cl. The highest BCUT2D eigenvalue weighted by Gasteiger charge is 2.31. The maximum absolute atomic E-state index is 12.6. The first-order chi connectivity index (χ1) is 10.3. The molecule has 0 aliphatic carbocycles. The Morgan fingerprint density at radius 1 is 1.32 bits per heavy atom. The van der Waals surface area contributed by atoms with Gasteiger partial charge in [-0.05, 0) is 56.0 Å². The molecule has 5 heteroatoms. The molecule has 3 rings (SSSR count). The summed E-state index contributed by atoms with van der Waals surface area (Å²) in [6, 6.07) is 8.39. The molecule has 1 N–H and O–H groups in total. The first-order valence-corrected chi connectivity index (χ1v) is 7.92. The number of nitrogens with zero attached hydrogens (tertiary/aromatic N) is 1. The van der Waals surface area contributed by atoms with Crippen LogP contribution in [0.2, 0.25) is 0 Å². The van der Waals surface area contributed by atoms with Crippen LogP contribution in [0.5, 0.6) is 5.75 Å². The molecular weight excluding hydrogens is 300 g/mol. The van der Waals surface area contributed by atoms with Crippen molar-refractivity contribution in [3.63, 3.8) is 0 Å². The number of carbonyl (C=O) groups excluding carboxylic acids is 1. The molecule has 2 unspecified atom stereocenters. The minimum atomic E-state index is 0. The summed E-state index contributed by atoms with van der Waals surface area (Å²) in [5, 5.41) is 3.34. The molecule has 22 heavy (non-hydrogen) atoms. The highest BCUT2D eigenvalue weighted by atomic mass is 35.5. The number of ether oxygens (including phenoxy) is 1. The average Bonchev–Trinajstić information content (AvgIpc) is 3.18. The van der Waals surface area contributed by atoms with Gasteiger partial charge in [-0.15, -0.1) is 12.4 Å². The number of likely N-dealkylation sites (tertiary alicyclic amines) is 1. The van der Waals surface area contributed by atoms with E-state index in [0.29, 0.717) is 18.2 Å². The second-order valence-corrected chi connectivity index (χ2v) is 6.08. The van der Waals surface area contributed by atoms with Crippen LogP contribution in [0.3, 0.4) is 0 Å². The summed E-state index contributed by atoms with van der Waals surface area (Å²) in [5.41, 5.74) is 1.23. The summed E-state index contributed by atoms with van der Waals surface area (Å²) in [6.07, 6.45) is 4.00. The number of rotatable bonds is 4. The molecule has 0 aromatic heterocycles. The zero-order valence-corrected chi connectivity index (χ0v) is 13.9. The summed E-state index contributed by atoms with van der Waals surface area (Å²) in [7, 11) is 1.68. The Morgan fingerprint density at radius 3 is 2.73 bits per heavy atom. The van der Waals surface area contributed by atoms with Gasteiger partial charge in [0.05, 0.1) is 13.2 Å². The van der Waals surface area contributed by atoms with Crippen molar-refractivity contribution in [2.45, 2.75) is 31.7 Å². The van der Waals surface area contributed by atoms with Crippen LogP contribution in [0.4, 0.5) is 0 Å². The molecule has 1 aromatic carbocycles. The Kier molecular flexibility index (Phi) is 6.09. The largest absolute Gasteiger partial charge is 0.497 e. The van der Waals surface area contributed by atoms with Crippen molar-refractivity contribution < 1.29 is 9.53 Å². The molecule has 1 aromatic rings. The smallest absolute Gasteiger partial charge is 0.223 e. The molecule has 1 amide bonds. The minimum Gasteiger partial charge on any atom is -0.497 e. The highest BCUT2D eigenvalue weighted by molar-refractivity contribution is 5.85. The van der Waals surface area contributed by atoms with Gasteiger partial charge < -0.3 is 15.0 Å². The van der Waals surface area contributed by atoms with E-state index in [4.69, 9.17) is 4.74 Å². The molecule has 0 spiro atoms. The van der Waals surface area contributed by atoms with Gasteiger partial charge in [0.2, 0.25) is 5.91 Å². The van der Waals surface area contributed by atoms with Gasteiger partial charge in [0.1, 0.15) is 5.75 Å². The van der Waals surface area contributed by atoms with Crippen molar-refractivity contribution in [2.75, 3.05) is 26.7 Å². The predicted octanol–water partition coefficient (Wildman–Crippen LogP) is 2.78. The zero-order valence-electron chi connectivity index (χ0n) is 13.1. The van der Waals surface area contributed by atoms with Gasteiger partial charge in [0.15, 0.2) is 0 Å². The third-order valence-electron chi connectivity index (χ3n) is 4.70. The number of nitrogens with one attached hydrogen (secondary N) is 1. The van der Waals surface area contributed by atoms with Crippen LogP contribution in [0, 0.1) is 5.92 Å². The van der Waals surface area contributed by atoms with E-state index in [1.165, 1.54) is 5.56 Å². The average molecular weight is 325 g/mol. The number of methoxy groups -OCH3 is 1. The van der Waals surface area contributed by atoms with Gasteiger partial charge in [0.25, 0.3) is 0 Å². The lowest BCUT2D eigenvalue weighted by molar-refractivity contribution is -0.133. The molecule has 2 aliphatic rings. The molecule has 2 atom stereocenters. The van der Waals surface area contributed by atoms with Crippen LogP contribution in [0.15, 0.2) is 24.3 Å². The molecule has 0 radical (unpaired) electrons. The van der Waals surface area contributed by atoms with Gasteiger partial charge in [0, 0.05) is 13.0 Å². The lowest BCUT2D eigenvalue weighted by Crippen LogP contribution is -2.32. The predicted molar refractivity (Wildman–Crippen MR) is 89.5 cm³/mol. The van der Waals surface area contributed by atoms with Crippen LogP contribution >= 0.6 is 12.4 Å². The number of hydrogen-bond donors (Lipinski definition) is 1. The first kappa shape index (κ1) is 17.1. The van der Waals surface area contributed by atoms with Gasteiger partial charge >= 0.3 is 0 Å². The van der Waals surface area contributed by atoms with Crippen molar-refractivity contribution in [2.24, 2.45) is 5.92 Å². The van der Waals surface area contributed by atoms with E-state index in [1.807, 2.05) is 12.1 Å². The number of halogens is 1. The summed E-state index contributed by atoms with van der Waals surface area (Å²) in [4.78, 5) is 14.7. The van der Waals surface area contributed by atoms with E-state index in [0.717, 1.165) is 44.6 Å². The molecule has 4 nitrogen and oxygen atoms in total. The fraction of sp³-hybridized carbons (Fsp3) is 0.588. The maximum Gasteiger partial charge on any atom is 0.223 e. The second kappa shape index (κ2) is 7.84. The monoisotopic (exact) mass is 324 g/mol. The van der Waals surface area contributed by atoms with Crippen molar-refractivity contribution in [1.29, 1.82) is 0 Å². The van der Waals surface area contributed by atoms with Crippen LogP contribution < -0.4 is 10.1 Å². The van der Waals surface area contributed by atoms with Gasteiger partial charge in [-0.2, -0.15) is 0 Å². The normalized spacial score (nSPS) is 24.1. The van der Waals surface area contributed by atoms with E-state index in [-0.39, 0.29) is 18.4 Å². The van der Waals surface area contributed by atoms with Crippen molar-refractivity contribution >= 4 is 18.3 Å². The molecule has 2 aliphatic heterocycles. The Hall–Kier alpha value is -1.26. The minimum absolute atomic E-state index is 0. The Labute approximate surface area is 138 Å². The lowest BCUT2D eigenvalue weighted by Gasteiger charge is -2.26. The second-order valence-electron chi connectivity index (χ2n) is 6.08. The lowest BCUT2D eigenvalue weighted by atomic mass is 10.0. The van der Waals surface area contributed by atoms with Gasteiger partial charge in [-0.3, -0.25) is 4.79 Å². The maximum atomic E-state index is 12.6. The molecule has 0 bridgehead atoms. The van der Waals surface area contributed by atoms with Gasteiger partial charge in [-0.1, -0.05) is 12.1 Å². The number of carbonyl (C=O) groups is 1. The van der Waals surface area contributed by atoms with Crippen molar-refractivity contribution in [3.8, 4) is 5.75 Å². The van der Waals surface area contributed by atoms with E-state index < -0.39 is 0 Å². The Bertz CT molecular complexity index is 486. The van der Waals surface area contributed by atoms with E-state index in [1.54, 1.807) is 7.11 Å². The fourth-order valence-electron chi connectivity index (χ4n) is 3.49. The Morgan fingerprint density at radius 2 is 2.09 bits per heavy atom. The Balaban J connectivity index is 0.00000176. The quantitative estimate of drug-likeness (QED) is 0.926. The molecule has 2 heterocycles. The summed E-state index contributed by atoms with van der Waals surface area (Å²) in [5.74, 6) is 1.71. The topological polar surface area (TPSA) is 41.6 Å². The molecular formula is C17H25ClN2O2. The van der Waals surface area contributed by atoms with Crippen molar-refractivity contribution in [1.82, 2.24) is 10.2 Å². The van der Waals surface area contributed by atoms with Crippen LogP contribution in [0.25, 0.3) is 0 Å². The number of benzene rings is 1. The standard InChI is InChI=1S/C17H24N2O2.ClH/c1-21-15-6-4-14(5-7-15)16-3-2-10-19(16)17(20)11-13-8-9-18-12-13;/h4-7,13,16,18H,2-3,8-12H2,1H3;1H. The van der Waals surface area contributed by atoms with Crippen LogP contribution in [0.1, 0.15) is 37.3 Å². The molecule has 0 saturated carbocycles. The van der Waals surface area contributed by atoms with E-state index in [9.17, 15) is 4.79 Å². The van der Waals surface area contributed by atoms with E-state index in [2.05, 4.69) is 22.3 Å². The number of amides is 1. The molecule has 2 saturated heterocycles. The molecule has 122 valence electrons. The third kappa shape index (κ3) is 3.73. The first-order valence-electron chi connectivity index (χ1n) is 7.92. The fourth-order valence-corrected chi connectivity index (χ4v) is 3.49. The number of hydrogen-bond acceptors (Lipinski definition) is 3.